The van der Waals surface area contributed by atoms with E-state index in [-0.39, 0.29) is 35.4 Å². The lowest BCUT2D eigenvalue weighted by Gasteiger charge is -2.15. The van der Waals surface area contributed by atoms with Crippen LogP contribution in [0.5, 0.6) is 17.5 Å². The summed E-state index contributed by atoms with van der Waals surface area (Å²) in [6.07, 6.45) is 0.0174. The summed E-state index contributed by atoms with van der Waals surface area (Å²) in [5.41, 5.74) is 3.24. The molecule has 0 fully saturated rings. The van der Waals surface area contributed by atoms with Crippen molar-refractivity contribution in [3.63, 3.8) is 0 Å². The predicted molar refractivity (Wildman–Crippen MR) is 131 cm³/mol. The van der Waals surface area contributed by atoms with Gasteiger partial charge in [0.05, 0.1) is 36.9 Å². The molecule has 10 heteroatoms. The lowest BCUT2D eigenvalue weighted by Crippen LogP contribution is -2.11. The Labute approximate surface area is 210 Å². The van der Waals surface area contributed by atoms with Crippen LogP contribution in [0.1, 0.15) is 36.4 Å². The first kappa shape index (κ1) is 23.1. The number of carbonyl (C=O) groups is 1. The zero-order valence-corrected chi connectivity index (χ0v) is 19.8. The van der Waals surface area contributed by atoms with Crippen LogP contribution in [0.2, 0.25) is 0 Å². The van der Waals surface area contributed by atoms with E-state index in [1.807, 2.05) is 30.3 Å². The quantitative estimate of drug-likeness (QED) is 0.355. The van der Waals surface area contributed by atoms with E-state index < -0.39 is 17.6 Å². The minimum Gasteiger partial charge on any atom is -0.493 e. The van der Waals surface area contributed by atoms with Crippen LogP contribution in [0.4, 0.5) is 14.5 Å². The van der Waals surface area contributed by atoms with Crippen molar-refractivity contribution in [2.24, 2.45) is 0 Å². The molecule has 2 aliphatic heterocycles. The van der Waals surface area contributed by atoms with Gasteiger partial charge in [0.25, 0.3) is 0 Å². The van der Waals surface area contributed by atoms with Crippen molar-refractivity contribution in [2.75, 3.05) is 25.1 Å². The Kier molecular flexibility index (Phi) is 5.58. The van der Waals surface area contributed by atoms with Gasteiger partial charge in [-0.05, 0) is 31.2 Å². The Morgan fingerprint density at radius 1 is 1.16 bits per heavy atom. The highest BCUT2D eigenvalue weighted by Crippen LogP contribution is 2.43. The number of carboxylic acids is 1. The average Bonchev–Trinajstić information content (AvgIpc) is 3.57. The SMILES string of the molecule is CCOc1nc2ccc(F)c(F)c2n1-c1cccc2c1OCC2Nc1ccc2c(c1)OCC2CC(=O)O. The maximum absolute atomic E-state index is 14.9. The van der Waals surface area contributed by atoms with Gasteiger partial charge in [-0.15, -0.1) is 0 Å². The first-order valence-corrected chi connectivity index (χ1v) is 11.9. The number of nitrogens with one attached hydrogen (secondary N) is 1. The third-order valence-electron chi connectivity index (χ3n) is 6.64. The summed E-state index contributed by atoms with van der Waals surface area (Å²) in [5.74, 6) is -1.85. The molecule has 0 radical (unpaired) electrons. The van der Waals surface area contributed by atoms with Gasteiger partial charge in [0.2, 0.25) is 0 Å². The molecule has 2 unspecified atom stereocenters. The number of ether oxygens (including phenoxy) is 3. The van der Waals surface area contributed by atoms with Crippen molar-refractivity contribution < 1.29 is 32.9 Å². The third-order valence-corrected chi connectivity index (χ3v) is 6.64. The van der Waals surface area contributed by atoms with E-state index in [1.165, 1.54) is 10.6 Å². The number of carboxylic acid groups (broad SMARTS) is 1. The molecule has 3 heterocycles. The van der Waals surface area contributed by atoms with E-state index >= 15 is 0 Å². The number of halogens is 2. The standard InChI is InChI=1S/C27H23F2N3O5/c1-2-35-27-31-19-9-8-18(28)24(29)25(19)32(27)21-5-3-4-17-20(13-37-26(17)21)30-15-6-7-16-14(10-23(33)34)12-36-22(16)11-15/h3-9,11,14,20,30H,2,10,12-13H2,1H3,(H,33,34). The fourth-order valence-electron chi connectivity index (χ4n) is 5.00. The fraction of sp³-hybridized carbons (Fsp3) is 0.259. The number of fused-ring (bicyclic) bond motifs is 3. The number of imidazole rings is 1. The Bertz CT molecular complexity index is 1540. The minimum atomic E-state index is -1.01. The van der Waals surface area contributed by atoms with E-state index in [0.717, 1.165) is 22.9 Å². The van der Waals surface area contributed by atoms with Crippen molar-refractivity contribution in [2.45, 2.75) is 25.3 Å². The van der Waals surface area contributed by atoms with Gasteiger partial charge in [-0.25, -0.2) is 8.78 Å². The van der Waals surface area contributed by atoms with Crippen LogP contribution in [0.15, 0.2) is 48.5 Å². The van der Waals surface area contributed by atoms with Gasteiger partial charge in [-0.1, -0.05) is 18.2 Å². The van der Waals surface area contributed by atoms with Crippen molar-refractivity contribution in [1.29, 1.82) is 0 Å². The number of hydrogen-bond acceptors (Lipinski definition) is 6. The Balaban J connectivity index is 1.35. The lowest BCUT2D eigenvalue weighted by molar-refractivity contribution is -0.137. The summed E-state index contributed by atoms with van der Waals surface area (Å²) in [7, 11) is 0. The molecule has 37 heavy (non-hydrogen) atoms. The van der Waals surface area contributed by atoms with Crippen LogP contribution >= 0.6 is 0 Å². The number of aliphatic carboxylic acids is 1. The van der Waals surface area contributed by atoms with Crippen LogP contribution in [0.25, 0.3) is 16.7 Å². The summed E-state index contributed by atoms with van der Waals surface area (Å²) < 4.78 is 48.0. The van der Waals surface area contributed by atoms with Gasteiger partial charge < -0.3 is 24.6 Å². The number of hydrogen-bond donors (Lipinski definition) is 2. The topological polar surface area (TPSA) is 94.8 Å². The molecule has 4 aromatic rings. The number of aromatic nitrogens is 2. The first-order chi connectivity index (χ1) is 17.9. The van der Waals surface area contributed by atoms with Gasteiger partial charge in [0.1, 0.15) is 23.6 Å². The van der Waals surface area contributed by atoms with Gasteiger partial charge in [0.15, 0.2) is 11.6 Å². The summed E-state index contributed by atoms with van der Waals surface area (Å²) in [6.45, 7) is 2.72. The molecule has 2 atom stereocenters. The molecule has 8 nitrogen and oxygen atoms in total. The van der Waals surface area contributed by atoms with Gasteiger partial charge >= 0.3 is 12.0 Å². The number of benzene rings is 3. The average molecular weight is 507 g/mol. The Morgan fingerprint density at radius 2 is 2.03 bits per heavy atom. The van der Waals surface area contributed by atoms with Crippen LogP contribution in [0.3, 0.4) is 0 Å². The normalized spacial score (nSPS) is 17.7. The van der Waals surface area contributed by atoms with Gasteiger partial charge in [-0.2, -0.15) is 4.98 Å². The lowest BCUT2D eigenvalue weighted by atomic mass is 9.97. The van der Waals surface area contributed by atoms with Crippen LogP contribution < -0.4 is 19.5 Å². The highest BCUT2D eigenvalue weighted by Gasteiger charge is 2.31. The highest BCUT2D eigenvalue weighted by molar-refractivity contribution is 5.81. The third kappa shape index (κ3) is 3.89. The highest BCUT2D eigenvalue weighted by atomic mass is 19.2. The van der Waals surface area contributed by atoms with E-state index in [2.05, 4.69) is 10.3 Å². The van der Waals surface area contributed by atoms with Crippen molar-refractivity contribution in [3.8, 4) is 23.2 Å². The number of anilines is 1. The number of para-hydroxylation sites is 1. The van der Waals surface area contributed by atoms with Gasteiger partial charge in [0, 0.05) is 28.8 Å². The predicted octanol–water partition coefficient (Wildman–Crippen LogP) is 5.20. The zero-order valence-electron chi connectivity index (χ0n) is 19.8. The first-order valence-electron chi connectivity index (χ1n) is 11.9. The molecular weight excluding hydrogens is 484 g/mol. The molecule has 0 saturated heterocycles. The minimum absolute atomic E-state index is 0.0174. The molecule has 0 saturated carbocycles. The molecule has 1 aromatic heterocycles. The van der Waals surface area contributed by atoms with Crippen LogP contribution in [-0.2, 0) is 4.79 Å². The van der Waals surface area contributed by atoms with Crippen molar-refractivity contribution in [1.82, 2.24) is 9.55 Å². The summed E-state index contributed by atoms with van der Waals surface area (Å²) in [4.78, 5) is 15.5. The molecule has 2 N–H and O–H groups in total. The fourth-order valence-corrected chi connectivity index (χ4v) is 5.00. The van der Waals surface area contributed by atoms with Crippen LogP contribution in [0, 0.1) is 11.6 Å². The molecule has 0 spiro atoms. The molecule has 0 bridgehead atoms. The van der Waals surface area contributed by atoms with Crippen molar-refractivity contribution in [3.05, 3.63) is 71.3 Å². The molecule has 6 rings (SSSR count). The van der Waals surface area contributed by atoms with Crippen molar-refractivity contribution >= 4 is 22.7 Å². The Hall–Kier alpha value is -4.34. The Morgan fingerprint density at radius 3 is 2.84 bits per heavy atom. The van der Waals surface area contributed by atoms with E-state index in [1.54, 1.807) is 13.0 Å². The second-order valence-corrected chi connectivity index (χ2v) is 8.95. The molecule has 2 aliphatic rings. The van der Waals surface area contributed by atoms with Gasteiger partial charge in [-0.3, -0.25) is 9.36 Å². The summed E-state index contributed by atoms with van der Waals surface area (Å²) in [6, 6.07) is 13.5. The smallest absolute Gasteiger partial charge is 0.304 e. The number of nitrogens with zero attached hydrogens (tertiary/aromatic N) is 2. The maximum Gasteiger partial charge on any atom is 0.304 e. The van der Waals surface area contributed by atoms with E-state index in [0.29, 0.717) is 37.0 Å². The maximum atomic E-state index is 14.9. The zero-order chi connectivity index (χ0) is 25.7. The van der Waals surface area contributed by atoms with E-state index in [9.17, 15) is 13.6 Å². The van der Waals surface area contributed by atoms with E-state index in [4.69, 9.17) is 19.3 Å². The summed E-state index contributed by atoms with van der Waals surface area (Å²) in [5, 5.41) is 12.6. The second-order valence-electron chi connectivity index (χ2n) is 8.95. The molecule has 190 valence electrons. The van der Waals surface area contributed by atoms with Crippen LogP contribution in [-0.4, -0.2) is 40.4 Å². The second kappa shape index (κ2) is 8.95. The number of rotatable bonds is 7. The summed E-state index contributed by atoms with van der Waals surface area (Å²) >= 11 is 0. The molecular formula is C27H23F2N3O5. The molecule has 0 aliphatic carbocycles. The largest absolute Gasteiger partial charge is 0.493 e. The molecule has 0 amide bonds. The molecule has 3 aromatic carbocycles. The monoisotopic (exact) mass is 507 g/mol.